The molecule has 0 saturated heterocycles. The molecular weight excluding hydrogens is 363 g/mol. The number of benzene rings is 1. The SMILES string of the molecule is [CH2-]CC(C)(C)N=Cc1cc(Cn2cc[n+](C)c2)ccc1O.[Cl][Zn+]. The summed E-state index contributed by atoms with van der Waals surface area (Å²) in [6.07, 6.45) is 8.49. The van der Waals surface area contributed by atoms with Crippen molar-refractivity contribution in [2.24, 2.45) is 12.0 Å². The van der Waals surface area contributed by atoms with Gasteiger partial charge in [0.05, 0.1) is 7.05 Å². The molecule has 23 heavy (non-hydrogen) atoms. The molecule has 6 heteroatoms. The molecule has 4 nitrogen and oxygen atoms in total. The van der Waals surface area contributed by atoms with Crippen molar-refractivity contribution in [3.63, 3.8) is 0 Å². The van der Waals surface area contributed by atoms with Crippen LogP contribution < -0.4 is 4.57 Å². The zero-order chi connectivity index (χ0) is 17.5. The Labute approximate surface area is 152 Å². The Morgan fingerprint density at radius 3 is 2.70 bits per heavy atom. The summed E-state index contributed by atoms with van der Waals surface area (Å²) in [6, 6.07) is 5.62. The molecule has 1 heterocycles. The normalized spacial score (nSPS) is 11.4. The number of aromatic nitrogens is 2. The number of rotatable bonds is 5. The first-order chi connectivity index (χ1) is 10.9. The molecular formula is C17H23ClN3OZn+. The van der Waals surface area contributed by atoms with Crippen LogP contribution in [0.25, 0.3) is 0 Å². The van der Waals surface area contributed by atoms with Crippen LogP contribution in [-0.4, -0.2) is 21.4 Å². The third kappa shape index (κ3) is 6.44. The van der Waals surface area contributed by atoms with Crippen LogP contribution in [-0.2, 0) is 30.9 Å². The van der Waals surface area contributed by atoms with Crippen molar-refractivity contribution in [2.75, 3.05) is 0 Å². The summed E-state index contributed by atoms with van der Waals surface area (Å²) in [4.78, 5) is 4.50. The van der Waals surface area contributed by atoms with E-state index in [1.807, 2.05) is 56.3 Å². The molecule has 0 amide bonds. The molecule has 0 saturated carbocycles. The fourth-order valence-corrected chi connectivity index (χ4v) is 1.92. The number of aryl methyl sites for hydroxylation is 1. The molecule has 0 spiro atoms. The first-order valence-corrected chi connectivity index (χ1v) is 11.2. The molecule has 0 aliphatic carbocycles. The Morgan fingerprint density at radius 2 is 2.13 bits per heavy atom. The Morgan fingerprint density at radius 1 is 1.43 bits per heavy atom. The molecule has 0 aliphatic heterocycles. The van der Waals surface area contributed by atoms with Gasteiger partial charge in [-0.15, -0.1) is 0 Å². The molecule has 0 fully saturated rings. The molecule has 0 bridgehead atoms. The van der Waals surface area contributed by atoms with Gasteiger partial charge in [0.15, 0.2) is 0 Å². The van der Waals surface area contributed by atoms with Crippen LogP contribution in [0.3, 0.4) is 0 Å². The van der Waals surface area contributed by atoms with Gasteiger partial charge >= 0.3 is 27.0 Å². The Kier molecular flexibility index (Phi) is 7.94. The quantitative estimate of drug-likeness (QED) is 0.365. The summed E-state index contributed by atoms with van der Waals surface area (Å²) in [6.45, 7) is 8.70. The summed E-state index contributed by atoms with van der Waals surface area (Å²) in [7, 11) is 6.76. The molecule has 0 aliphatic rings. The van der Waals surface area contributed by atoms with Gasteiger partial charge in [0.1, 0.15) is 24.7 Å². The third-order valence-corrected chi connectivity index (χ3v) is 3.45. The number of phenolic OH excluding ortho intramolecular Hbond substituents is 1. The Hall–Kier alpha value is -1.19. The number of aliphatic imine (C=N–C) groups is 1. The van der Waals surface area contributed by atoms with Crippen LogP contribution in [0.4, 0.5) is 0 Å². The minimum atomic E-state index is -0.212. The molecule has 0 radical (unpaired) electrons. The molecule has 1 aromatic carbocycles. The predicted octanol–water partition coefficient (Wildman–Crippen LogP) is 3.18. The molecule has 1 aromatic heterocycles. The fraction of sp³-hybridized carbons (Fsp3) is 0.353. The Balaban J connectivity index is 0.00000127. The molecule has 2 aromatic rings. The minimum absolute atomic E-state index is 0.212. The van der Waals surface area contributed by atoms with E-state index in [0.717, 1.165) is 35.0 Å². The number of aromatic hydroxyl groups is 1. The van der Waals surface area contributed by atoms with Crippen LogP contribution in [0, 0.1) is 6.92 Å². The van der Waals surface area contributed by atoms with E-state index in [0.29, 0.717) is 6.42 Å². The second kappa shape index (κ2) is 9.19. The van der Waals surface area contributed by atoms with E-state index in [1.165, 1.54) is 0 Å². The summed E-state index contributed by atoms with van der Waals surface area (Å²) in [5, 5.41) is 9.96. The average molecular weight is 386 g/mol. The maximum absolute atomic E-state index is 9.96. The third-order valence-electron chi connectivity index (χ3n) is 3.45. The maximum atomic E-state index is 9.96. The van der Waals surface area contributed by atoms with E-state index < -0.39 is 0 Å². The number of hydrogen-bond acceptors (Lipinski definition) is 2. The second-order valence-electron chi connectivity index (χ2n) is 5.97. The van der Waals surface area contributed by atoms with Crippen molar-refractivity contribution in [3.8, 4) is 5.75 Å². The standard InChI is InChI=1S/C17H23N3O.ClH.Zn/c1-5-17(2,3)18-11-15-10-14(6-7-16(15)21)12-20-9-8-19(4)13-20;;/h6-11,13,21H,1,5,12H2,2-4H3;1H;/q;;+2/p-1. The van der Waals surface area contributed by atoms with Crippen LogP contribution in [0.5, 0.6) is 5.75 Å². The van der Waals surface area contributed by atoms with E-state index >= 15 is 0 Å². The number of imidazole rings is 1. The van der Waals surface area contributed by atoms with Gasteiger partial charge in [-0.1, -0.05) is 6.07 Å². The first kappa shape index (κ1) is 19.9. The first-order valence-electron chi connectivity index (χ1n) is 7.34. The number of nitrogens with zero attached hydrogens (tertiary/aromatic N) is 3. The summed E-state index contributed by atoms with van der Waals surface area (Å²) in [5.41, 5.74) is 1.65. The van der Waals surface area contributed by atoms with Gasteiger partial charge in [0, 0.05) is 17.3 Å². The molecule has 0 unspecified atom stereocenters. The van der Waals surface area contributed by atoms with Crippen molar-refractivity contribution in [1.29, 1.82) is 0 Å². The fourth-order valence-electron chi connectivity index (χ4n) is 1.92. The van der Waals surface area contributed by atoms with E-state index in [1.54, 1.807) is 12.3 Å². The van der Waals surface area contributed by atoms with Gasteiger partial charge < -0.3 is 12.0 Å². The van der Waals surface area contributed by atoms with Gasteiger partial charge in [-0.05, 0) is 31.5 Å². The number of hydrogen-bond donors (Lipinski definition) is 1. The van der Waals surface area contributed by atoms with Gasteiger partial charge in [0.25, 0.3) is 0 Å². The molecule has 1 N–H and O–H groups in total. The van der Waals surface area contributed by atoms with Crippen molar-refractivity contribution in [3.05, 3.63) is 55.0 Å². The van der Waals surface area contributed by atoms with Crippen LogP contribution in [0.15, 0.2) is 41.9 Å². The van der Waals surface area contributed by atoms with Gasteiger partial charge in [-0.2, -0.15) is 6.42 Å². The van der Waals surface area contributed by atoms with Crippen LogP contribution in [0.1, 0.15) is 31.4 Å². The zero-order valence-electron chi connectivity index (χ0n) is 14.0. The van der Waals surface area contributed by atoms with E-state index in [-0.39, 0.29) is 11.3 Å². The number of halogens is 1. The second-order valence-corrected chi connectivity index (χ2v) is 5.97. The summed E-state index contributed by atoms with van der Waals surface area (Å²) in [5.74, 6) is 0.250. The van der Waals surface area contributed by atoms with Crippen molar-refractivity contribution in [1.82, 2.24) is 4.57 Å². The summed E-state index contributed by atoms with van der Waals surface area (Å²) >= 11 is 0.847. The van der Waals surface area contributed by atoms with Crippen molar-refractivity contribution >= 4 is 15.9 Å². The van der Waals surface area contributed by atoms with E-state index in [4.69, 9.17) is 9.69 Å². The van der Waals surface area contributed by atoms with Crippen molar-refractivity contribution in [2.45, 2.75) is 32.4 Å². The molecule has 2 rings (SSSR count). The molecule has 0 atom stereocenters. The van der Waals surface area contributed by atoms with Gasteiger partial charge in [-0.3, -0.25) is 4.99 Å². The molecule has 120 valence electrons. The average Bonchev–Trinajstić information content (AvgIpc) is 2.95. The van der Waals surface area contributed by atoms with Crippen molar-refractivity contribution < 1.29 is 27.0 Å². The van der Waals surface area contributed by atoms with E-state index in [9.17, 15) is 5.11 Å². The van der Waals surface area contributed by atoms with Gasteiger partial charge in [-0.25, -0.2) is 9.13 Å². The predicted molar refractivity (Wildman–Crippen MR) is 90.3 cm³/mol. The Bertz CT molecular complexity index is 653. The van der Waals surface area contributed by atoms with Gasteiger partial charge in [0.2, 0.25) is 6.33 Å². The number of phenols is 1. The van der Waals surface area contributed by atoms with Crippen LogP contribution >= 0.6 is 9.69 Å². The monoisotopic (exact) mass is 384 g/mol. The zero-order valence-corrected chi connectivity index (χ0v) is 17.8. The summed E-state index contributed by atoms with van der Waals surface area (Å²) < 4.78 is 4.09. The van der Waals surface area contributed by atoms with E-state index in [2.05, 4.69) is 16.5 Å². The van der Waals surface area contributed by atoms with Crippen LogP contribution in [0.2, 0.25) is 0 Å². The topological polar surface area (TPSA) is 41.4 Å².